The number of anilines is 5. The lowest BCUT2D eigenvalue weighted by molar-refractivity contribution is 0.101. The number of aryl methyl sites for hydroxylation is 1. The Hall–Kier alpha value is -4.27. The molecule has 1 aromatic heterocycles. The fourth-order valence-electron chi connectivity index (χ4n) is 4.80. The number of hydrogen-bond acceptors (Lipinski definition) is 6. The molecule has 0 bridgehead atoms. The Morgan fingerprint density at radius 2 is 1.55 bits per heavy atom. The van der Waals surface area contributed by atoms with E-state index in [2.05, 4.69) is 20.9 Å². The molecule has 0 aliphatic carbocycles. The Labute approximate surface area is 222 Å². The predicted molar refractivity (Wildman–Crippen MR) is 152 cm³/mol. The second-order valence-corrected chi connectivity index (χ2v) is 9.55. The molecule has 1 amide bonds. The number of nitrogens with zero attached hydrogens (tertiary/aromatic N) is 2. The van der Waals surface area contributed by atoms with Gasteiger partial charge in [0, 0.05) is 53.8 Å². The average molecular weight is 512 g/mol. The molecular formula is C30H33N5O3. The van der Waals surface area contributed by atoms with Gasteiger partial charge in [0.1, 0.15) is 5.69 Å². The maximum atomic E-state index is 12.4. The average Bonchev–Trinajstić information content (AvgIpc) is 3.60. The topological polar surface area (TPSA) is 102 Å². The number of aliphatic hydroxyl groups is 2. The minimum atomic E-state index is -0.839. The molecule has 1 unspecified atom stereocenters. The highest BCUT2D eigenvalue weighted by atomic mass is 16.3. The highest BCUT2D eigenvalue weighted by Crippen LogP contribution is 2.28. The SMILES string of the molecule is Cn1cccc1C(=O)Nc1ccc(Nc2ccc(NC(O)c3ccc(N4CCC[C@H]4CO)cc3)cc2)cc1. The maximum absolute atomic E-state index is 12.4. The van der Waals surface area contributed by atoms with E-state index in [0.29, 0.717) is 5.69 Å². The van der Waals surface area contributed by atoms with Crippen LogP contribution in [0.25, 0.3) is 0 Å². The highest BCUT2D eigenvalue weighted by molar-refractivity contribution is 6.03. The summed E-state index contributed by atoms with van der Waals surface area (Å²) in [5.41, 5.74) is 5.75. The third kappa shape index (κ3) is 5.82. The van der Waals surface area contributed by atoms with Crippen molar-refractivity contribution >= 4 is 34.3 Å². The van der Waals surface area contributed by atoms with Crippen molar-refractivity contribution in [2.24, 2.45) is 7.05 Å². The zero-order chi connectivity index (χ0) is 26.5. The Bertz CT molecular complexity index is 1350. The molecule has 2 heterocycles. The molecule has 1 aliphatic rings. The first kappa shape index (κ1) is 25.4. The standard InChI is InChI=1S/C30H33N5O3/c1-34-18-3-5-28(34)30(38)33-25-14-10-23(11-15-25)31-22-8-12-24(13-9-22)32-29(37)21-6-16-26(17-7-21)35-19-2-4-27(35)20-36/h3,5-18,27,29,31-32,36-37H,2,4,19-20H2,1H3,(H,33,38)/t27-,29?/m0/s1. The lowest BCUT2D eigenvalue weighted by atomic mass is 10.1. The molecule has 1 fully saturated rings. The van der Waals surface area contributed by atoms with Gasteiger partial charge >= 0.3 is 0 Å². The van der Waals surface area contributed by atoms with Gasteiger partial charge in [-0.15, -0.1) is 0 Å². The van der Waals surface area contributed by atoms with Crippen molar-refractivity contribution in [1.82, 2.24) is 4.57 Å². The van der Waals surface area contributed by atoms with E-state index in [9.17, 15) is 15.0 Å². The van der Waals surface area contributed by atoms with Gasteiger partial charge in [0.15, 0.2) is 6.23 Å². The van der Waals surface area contributed by atoms with Gasteiger partial charge in [0.05, 0.1) is 12.6 Å². The van der Waals surface area contributed by atoms with Crippen molar-refractivity contribution in [2.75, 3.05) is 34.0 Å². The van der Waals surface area contributed by atoms with Crippen LogP contribution in [-0.4, -0.2) is 39.9 Å². The Morgan fingerprint density at radius 3 is 2.16 bits per heavy atom. The molecule has 0 radical (unpaired) electrons. The summed E-state index contributed by atoms with van der Waals surface area (Å²) < 4.78 is 1.78. The van der Waals surface area contributed by atoms with Gasteiger partial charge in [-0.25, -0.2) is 0 Å². The molecule has 1 aliphatic heterocycles. The van der Waals surface area contributed by atoms with Crippen LogP contribution in [0.1, 0.15) is 35.1 Å². The number of benzene rings is 3. The van der Waals surface area contributed by atoms with Crippen LogP contribution in [0.3, 0.4) is 0 Å². The van der Waals surface area contributed by atoms with E-state index >= 15 is 0 Å². The largest absolute Gasteiger partial charge is 0.394 e. The normalized spacial score (nSPS) is 15.8. The Balaban J connectivity index is 1.14. The lowest BCUT2D eigenvalue weighted by Crippen LogP contribution is -2.31. The molecule has 5 rings (SSSR count). The van der Waals surface area contributed by atoms with Crippen LogP contribution in [0.15, 0.2) is 91.1 Å². The van der Waals surface area contributed by atoms with Crippen molar-refractivity contribution in [1.29, 1.82) is 0 Å². The first-order chi connectivity index (χ1) is 18.5. The molecule has 8 nitrogen and oxygen atoms in total. The van der Waals surface area contributed by atoms with Gasteiger partial charge in [0.25, 0.3) is 5.91 Å². The van der Waals surface area contributed by atoms with E-state index in [1.54, 1.807) is 10.6 Å². The summed E-state index contributed by atoms with van der Waals surface area (Å²) in [6, 6.07) is 26.8. The molecule has 2 atom stereocenters. The maximum Gasteiger partial charge on any atom is 0.272 e. The molecule has 196 valence electrons. The summed E-state index contributed by atoms with van der Waals surface area (Å²) in [5, 5.41) is 29.6. The van der Waals surface area contributed by atoms with Gasteiger partial charge < -0.3 is 35.6 Å². The summed E-state index contributed by atoms with van der Waals surface area (Å²) in [7, 11) is 1.84. The zero-order valence-corrected chi connectivity index (χ0v) is 21.3. The van der Waals surface area contributed by atoms with Crippen LogP contribution >= 0.6 is 0 Å². The van der Waals surface area contributed by atoms with Crippen LogP contribution in [0.5, 0.6) is 0 Å². The van der Waals surface area contributed by atoms with E-state index in [1.165, 1.54) is 0 Å². The van der Waals surface area contributed by atoms with Crippen LogP contribution in [-0.2, 0) is 7.05 Å². The van der Waals surface area contributed by atoms with Gasteiger partial charge in [-0.1, -0.05) is 12.1 Å². The number of carbonyl (C=O) groups excluding carboxylic acids is 1. The van der Waals surface area contributed by atoms with Gasteiger partial charge in [-0.3, -0.25) is 4.79 Å². The summed E-state index contributed by atoms with van der Waals surface area (Å²) in [6.45, 7) is 1.11. The fraction of sp³-hybridized carbons (Fsp3) is 0.233. The third-order valence-corrected chi connectivity index (χ3v) is 6.92. The molecule has 38 heavy (non-hydrogen) atoms. The number of aliphatic hydroxyl groups excluding tert-OH is 2. The molecule has 4 aromatic rings. The van der Waals surface area contributed by atoms with Crippen LogP contribution < -0.4 is 20.9 Å². The summed E-state index contributed by atoms with van der Waals surface area (Å²) in [6.07, 6.45) is 3.09. The summed E-state index contributed by atoms with van der Waals surface area (Å²) in [5.74, 6) is -0.152. The van der Waals surface area contributed by atoms with Crippen molar-refractivity contribution in [3.63, 3.8) is 0 Å². The Kier molecular flexibility index (Phi) is 7.62. The second kappa shape index (κ2) is 11.4. The van der Waals surface area contributed by atoms with E-state index in [4.69, 9.17) is 0 Å². The number of rotatable bonds is 9. The number of amides is 1. The lowest BCUT2D eigenvalue weighted by Gasteiger charge is -2.25. The minimum absolute atomic E-state index is 0.152. The van der Waals surface area contributed by atoms with Crippen molar-refractivity contribution in [3.8, 4) is 0 Å². The smallest absolute Gasteiger partial charge is 0.272 e. The van der Waals surface area contributed by atoms with Gasteiger partial charge in [-0.2, -0.15) is 0 Å². The highest BCUT2D eigenvalue weighted by Gasteiger charge is 2.24. The van der Waals surface area contributed by atoms with E-state index in [0.717, 1.165) is 53.4 Å². The quantitative estimate of drug-likeness (QED) is 0.201. The Morgan fingerprint density at radius 1 is 0.921 bits per heavy atom. The molecular weight excluding hydrogens is 478 g/mol. The summed E-state index contributed by atoms with van der Waals surface area (Å²) in [4.78, 5) is 14.6. The van der Waals surface area contributed by atoms with Gasteiger partial charge in [0.2, 0.25) is 0 Å². The summed E-state index contributed by atoms with van der Waals surface area (Å²) >= 11 is 0. The number of nitrogens with one attached hydrogen (secondary N) is 3. The fourth-order valence-corrected chi connectivity index (χ4v) is 4.80. The van der Waals surface area contributed by atoms with Crippen LogP contribution in [0, 0.1) is 0 Å². The molecule has 3 aromatic carbocycles. The zero-order valence-electron chi connectivity index (χ0n) is 21.3. The molecule has 0 spiro atoms. The first-order valence-electron chi connectivity index (χ1n) is 12.8. The minimum Gasteiger partial charge on any atom is -0.394 e. The molecule has 0 saturated carbocycles. The number of hydrogen-bond donors (Lipinski definition) is 5. The van der Waals surface area contributed by atoms with Crippen molar-refractivity contribution < 1.29 is 15.0 Å². The molecule has 1 saturated heterocycles. The van der Waals surface area contributed by atoms with E-state index < -0.39 is 6.23 Å². The van der Waals surface area contributed by atoms with E-state index in [1.807, 2.05) is 92.1 Å². The van der Waals surface area contributed by atoms with Crippen LogP contribution in [0.4, 0.5) is 28.4 Å². The number of aromatic nitrogens is 1. The van der Waals surface area contributed by atoms with Crippen molar-refractivity contribution in [2.45, 2.75) is 25.1 Å². The molecule has 5 N–H and O–H groups in total. The monoisotopic (exact) mass is 511 g/mol. The molecule has 8 heteroatoms. The van der Waals surface area contributed by atoms with Crippen molar-refractivity contribution in [3.05, 3.63) is 102 Å². The second-order valence-electron chi connectivity index (χ2n) is 9.55. The third-order valence-electron chi connectivity index (χ3n) is 6.92. The number of carbonyl (C=O) groups is 1. The van der Waals surface area contributed by atoms with Crippen LogP contribution in [0.2, 0.25) is 0 Å². The van der Waals surface area contributed by atoms with E-state index in [-0.39, 0.29) is 18.6 Å². The predicted octanol–water partition coefficient (Wildman–Crippen LogP) is 5.09. The van der Waals surface area contributed by atoms with Gasteiger partial charge in [-0.05, 0) is 85.6 Å². The first-order valence-corrected chi connectivity index (χ1v) is 12.8.